The molecule has 0 unspecified atom stereocenters. The molecule has 1 saturated heterocycles. The molecule has 0 saturated carbocycles. The van der Waals surface area contributed by atoms with Crippen LogP contribution in [0.15, 0.2) is 47.4 Å². The first-order chi connectivity index (χ1) is 14.1. The maximum atomic E-state index is 12.8. The van der Waals surface area contributed by atoms with Crippen LogP contribution >= 0.6 is 0 Å². The van der Waals surface area contributed by atoms with Crippen LogP contribution in [0.1, 0.15) is 15.9 Å². The highest BCUT2D eigenvalue weighted by Gasteiger charge is 2.30. The largest absolute Gasteiger partial charge is 0.496 e. The molecule has 0 spiro atoms. The number of amides is 1. The number of carbonyl (C=O) groups excluding carboxylic acids is 1. The first kappa shape index (κ1) is 22.1. The van der Waals surface area contributed by atoms with Crippen molar-refractivity contribution in [3.63, 3.8) is 0 Å². The molecule has 1 aliphatic heterocycles. The monoisotopic (exact) mass is 444 g/mol. The van der Waals surface area contributed by atoms with E-state index in [-0.39, 0.29) is 48.2 Å². The molecule has 30 heavy (non-hydrogen) atoms. The van der Waals surface area contributed by atoms with Crippen LogP contribution in [0.4, 0.5) is 18.9 Å². The van der Waals surface area contributed by atoms with Crippen molar-refractivity contribution in [2.24, 2.45) is 0 Å². The van der Waals surface area contributed by atoms with Crippen LogP contribution in [0, 0.1) is 0 Å². The van der Waals surface area contributed by atoms with Gasteiger partial charge >= 0.3 is 6.18 Å². The predicted molar refractivity (Wildman–Crippen MR) is 102 cm³/mol. The van der Waals surface area contributed by atoms with Gasteiger partial charge in [0.15, 0.2) is 0 Å². The van der Waals surface area contributed by atoms with E-state index in [0.717, 1.165) is 24.3 Å². The summed E-state index contributed by atoms with van der Waals surface area (Å²) in [7, 11) is -2.53. The van der Waals surface area contributed by atoms with Crippen LogP contribution < -0.4 is 10.1 Å². The van der Waals surface area contributed by atoms with Gasteiger partial charge in [-0.15, -0.1) is 0 Å². The zero-order chi connectivity index (χ0) is 21.9. The normalized spacial score (nSPS) is 15.6. The van der Waals surface area contributed by atoms with E-state index in [1.54, 1.807) is 0 Å². The van der Waals surface area contributed by atoms with E-state index in [1.807, 2.05) is 0 Å². The second-order valence-corrected chi connectivity index (χ2v) is 8.35. The second kappa shape index (κ2) is 8.62. The molecule has 0 bridgehead atoms. The molecule has 1 fully saturated rings. The molecule has 2 aromatic rings. The average Bonchev–Trinajstić information content (AvgIpc) is 2.73. The Labute approximate surface area is 171 Å². The Morgan fingerprint density at radius 1 is 1.10 bits per heavy atom. The van der Waals surface area contributed by atoms with Crippen molar-refractivity contribution in [1.29, 1.82) is 0 Å². The van der Waals surface area contributed by atoms with Crippen LogP contribution in [-0.4, -0.2) is 52.0 Å². The van der Waals surface area contributed by atoms with Gasteiger partial charge in [0.2, 0.25) is 10.0 Å². The summed E-state index contributed by atoms with van der Waals surface area (Å²) < 4.78 is 75.3. The molecule has 1 N–H and O–H groups in total. The van der Waals surface area contributed by atoms with Gasteiger partial charge in [-0.1, -0.05) is 0 Å². The zero-order valence-electron chi connectivity index (χ0n) is 15.9. The number of carbonyl (C=O) groups is 1. The third-order valence-electron chi connectivity index (χ3n) is 4.49. The van der Waals surface area contributed by atoms with Gasteiger partial charge in [-0.05, 0) is 42.5 Å². The highest BCUT2D eigenvalue weighted by Crippen LogP contribution is 2.30. The molecule has 2 aromatic carbocycles. The minimum atomic E-state index is -4.49. The number of benzene rings is 2. The topological polar surface area (TPSA) is 84.9 Å². The quantitative estimate of drug-likeness (QED) is 0.767. The van der Waals surface area contributed by atoms with Gasteiger partial charge in [0.25, 0.3) is 5.91 Å². The summed E-state index contributed by atoms with van der Waals surface area (Å²) in [6.07, 6.45) is -4.49. The molecule has 11 heteroatoms. The number of ether oxygens (including phenoxy) is 2. The van der Waals surface area contributed by atoms with Gasteiger partial charge in [0, 0.05) is 18.8 Å². The van der Waals surface area contributed by atoms with Crippen LogP contribution in [0.2, 0.25) is 0 Å². The molecule has 0 atom stereocenters. The maximum Gasteiger partial charge on any atom is 0.416 e. The molecule has 3 rings (SSSR count). The SMILES string of the molecule is COc1ccc(S(=O)(=O)N2CCOCC2)cc1C(=O)Nc1ccc(C(F)(F)F)cc1. The summed E-state index contributed by atoms with van der Waals surface area (Å²) in [5, 5.41) is 2.46. The third-order valence-corrected chi connectivity index (χ3v) is 6.39. The fraction of sp³-hybridized carbons (Fsp3) is 0.316. The number of nitrogens with one attached hydrogen (secondary N) is 1. The molecular formula is C19H19F3N2O5S. The molecule has 0 radical (unpaired) electrons. The number of alkyl halides is 3. The van der Waals surface area contributed by atoms with Crippen molar-refractivity contribution >= 4 is 21.6 Å². The summed E-state index contributed by atoms with van der Waals surface area (Å²) in [6, 6.07) is 7.78. The number of methoxy groups -OCH3 is 1. The van der Waals surface area contributed by atoms with E-state index in [0.29, 0.717) is 0 Å². The highest BCUT2D eigenvalue weighted by atomic mass is 32.2. The molecule has 7 nitrogen and oxygen atoms in total. The van der Waals surface area contributed by atoms with E-state index in [1.165, 1.54) is 29.6 Å². The van der Waals surface area contributed by atoms with Crippen LogP contribution in [0.3, 0.4) is 0 Å². The Morgan fingerprint density at radius 2 is 1.73 bits per heavy atom. The smallest absolute Gasteiger partial charge is 0.416 e. The number of sulfonamides is 1. The lowest BCUT2D eigenvalue weighted by Crippen LogP contribution is -2.40. The molecule has 1 amide bonds. The van der Waals surface area contributed by atoms with E-state index in [9.17, 15) is 26.4 Å². The summed E-state index contributed by atoms with van der Waals surface area (Å²) in [5.74, 6) is -0.592. The highest BCUT2D eigenvalue weighted by molar-refractivity contribution is 7.89. The minimum absolute atomic E-state index is 0.0632. The van der Waals surface area contributed by atoms with E-state index >= 15 is 0 Å². The molecule has 0 aliphatic carbocycles. The first-order valence-corrected chi connectivity index (χ1v) is 10.3. The van der Waals surface area contributed by atoms with Crippen LogP contribution in [-0.2, 0) is 20.9 Å². The third kappa shape index (κ3) is 4.74. The first-order valence-electron chi connectivity index (χ1n) is 8.87. The van der Waals surface area contributed by atoms with Crippen LogP contribution in [0.5, 0.6) is 5.75 Å². The lowest BCUT2D eigenvalue weighted by Gasteiger charge is -2.26. The van der Waals surface area contributed by atoms with Gasteiger partial charge in [-0.2, -0.15) is 17.5 Å². The number of anilines is 1. The number of halogens is 3. The number of nitrogens with zero attached hydrogens (tertiary/aromatic N) is 1. The molecule has 1 aliphatic rings. The summed E-state index contributed by atoms with van der Waals surface area (Å²) >= 11 is 0. The van der Waals surface area contributed by atoms with Crippen molar-refractivity contribution in [3.8, 4) is 5.75 Å². The fourth-order valence-electron chi connectivity index (χ4n) is 2.90. The van der Waals surface area contributed by atoms with Crippen molar-refractivity contribution in [2.75, 3.05) is 38.7 Å². The summed E-state index contributed by atoms with van der Waals surface area (Å²) in [4.78, 5) is 12.6. The minimum Gasteiger partial charge on any atom is -0.496 e. The number of hydrogen-bond donors (Lipinski definition) is 1. The van der Waals surface area contributed by atoms with Gasteiger partial charge in [0.05, 0.1) is 36.3 Å². The second-order valence-electron chi connectivity index (χ2n) is 6.41. The maximum absolute atomic E-state index is 12.8. The zero-order valence-corrected chi connectivity index (χ0v) is 16.7. The number of rotatable bonds is 5. The van der Waals surface area contributed by atoms with E-state index < -0.39 is 27.7 Å². The van der Waals surface area contributed by atoms with Gasteiger partial charge < -0.3 is 14.8 Å². The summed E-state index contributed by atoms with van der Waals surface area (Å²) in [5.41, 5.74) is -0.792. The van der Waals surface area contributed by atoms with E-state index in [2.05, 4.69) is 5.32 Å². The fourth-order valence-corrected chi connectivity index (χ4v) is 4.34. The Hall–Kier alpha value is -2.63. The lowest BCUT2D eigenvalue weighted by atomic mass is 10.1. The molecule has 162 valence electrons. The Bertz CT molecular complexity index is 1020. The Morgan fingerprint density at radius 3 is 2.30 bits per heavy atom. The average molecular weight is 444 g/mol. The van der Waals surface area contributed by atoms with Crippen molar-refractivity contribution in [3.05, 3.63) is 53.6 Å². The van der Waals surface area contributed by atoms with Gasteiger partial charge in [-0.3, -0.25) is 4.79 Å². The predicted octanol–water partition coefficient (Wildman–Crippen LogP) is 2.99. The van der Waals surface area contributed by atoms with Crippen molar-refractivity contribution in [1.82, 2.24) is 4.31 Å². The van der Waals surface area contributed by atoms with Crippen molar-refractivity contribution in [2.45, 2.75) is 11.1 Å². The Balaban J connectivity index is 1.87. The molecule has 0 aromatic heterocycles. The molecular weight excluding hydrogens is 425 g/mol. The number of hydrogen-bond acceptors (Lipinski definition) is 5. The standard InChI is InChI=1S/C19H19F3N2O5S/c1-28-17-7-6-15(30(26,27)24-8-10-29-11-9-24)12-16(17)18(25)23-14-4-2-13(3-5-14)19(20,21)22/h2-7,12H,8-11H2,1H3,(H,23,25). The van der Waals surface area contributed by atoms with Crippen LogP contribution in [0.25, 0.3) is 0 Å². The van der Waals surface area contributed by atoms with Gasteiger partial charge in [0.1, 0.15) is 5.75 Å². The lowest BCUT2D eigenvalue weighted by molar-refractivity contribution is -0.137. The Kier molecular flexibility index (Phi) is 6.34. The van der Waals surface area contributed by atoms with Gasteiger partial charge in [-0.25, -0.2) is 8.42 Å². The van der Waals surface area contributed by atoms with E-state index in [4.69, 9.17) is 9.47 Å². The summed E-state index contributed by atoms with van der Waals surface area (Å²) in [6.45, 7) is 0.941. The molecule has 1 heterocycles. The van der Waals surface area contributed by atoms with Crippen molar-refractivity contribution < 1.29 is 35.9 Å². The number of morpholine rings is 1.